The number of thiophene rings is 1. The van der Waals surface area contributed by atoms with E-state index in [9.17, 15) is 0 Å². The maximum atomic E-state index is 5.17. The Morgan fingerprint density at radius 3 is 3.12 bits per heavy atom. The number of rotatable bonds is 4. The van der Waals surface area contributed by atoms with Gasteiger partial charge in [0.2, 0.25) is 11.7 Å². The molecule has 0 atom stereocenters. The standard InChI is InChI=1S/C10H9N5OS/c1-2-7(17-5-1)10-13-9(16-15-10)4-3-8-11-6-12-14-8/h1-2,5-6H,3-4H2,(H,11,12,14). The molecule has 0 aliphatic rings. The predicted octanol–water partition coefficient (Wildman–Crippen LogP) is 1.70. The fraction of sp³-hybridized carbons (Fsp3) is 0.200. The van der Waals surface area contributed by atoms with Crippen LogP contribution in [-0.2, 0) is 12.8 Å². The molecule has 0 radical (unpaired) electrons. The Morgan fingerprint density at radius 2 is 2.35 bits per heavy atom. The van der Waals surface area contributed by atoms with Crippen LogP contribution in [0.2, 0.25) is 0 Å². The molecule has 0 saturated carbocycles. The van der Waals surface area contributed by atoms with E-state index < -0.39 is 0 Å². The van der Waals surface area contributed by atoms with Crippen LogP contribution < -0.4 is 0 Å². The zero-order valence-corrected chi connectivity index (χ0v) is 9.65. The monoisotopic (exact) mass is 247 g/mol. The van der Waals surface area contributed by atoms with E-state index >= 15 is 0 Å². The van der Waals surface area contributed by atoms with Gasteiger partial charge in [0.05, 0.1) is 4.88 Å². The van der Waals surface area contributed by atoms with Crippen LogP contribution in [0.3, 0.4) is 0 Å². The fourth-order valence-electron chi connectivity index (χ4n) is 1.44. The average molecular weight is 247 g/mol. The van der Waals surface area contributed by atoms with Crippen molar-refractivity contribution in [1.29, 1.82) is 0 Å². The van der Waals surface area contributed by atoms with Crippen molar-refractivity contribution in [1.82, 2.24) is 25.3 Å². The minimum atomic E-state index is 0.616. The lowest BCUT2D eigenvalue weighted by Gasteiger charge is -1.89. The summed E-state index contributed by atoms with van der Waals surface area (Å²) in [6, 6.07) is 3.93. The van der Waals surface area contributed by atoms with E-state index in [0.717, 1.165) is 10.7 Å². The normalized spacial score (nSPS) is 10.8. The van der Waals surface area contributed by atoms with Gasteiger partial charge in [0.1, 0.15) is 12.2 Å². The number of aryl methyl sites for hydroxylation is 2. The molecule has 3 rings (SSSR count). The topological polar surface area (TPSA) is 80.5 Å². The van der Waals surface area contributed by atoms with Gasteiger partial charge in [-0.1, -0.05) is 11.2 Å². The van der Waals surface area contributed by atoms with Gasteiger partial charge in [-0.3, -0.25) is 5.10 Å². The first-order valence-electron chi connectivity index (χ1n) is 5.12. The Balaban J connectivity index is 1.69. The molecule has 0 saturated heterocycles. The highest BCUT2D eigenvalue weighted by molar-refractivity contribution is 7.13. The van der Waals surface area contributed by atoms with E-state index in [1.165, 1.54) is 6.33 Å². The van der Waals surface area contributed by atoms with E-state index in [2.05, 4.69) is 25.3 Å². The van der Waals surface area contributed by atoms with Crippen molar-refractivity contribution in [2.24, 2.45) is 0 Å². The third-order valence-electron chi connectivity index (χ3n) is 2.25. The summed E-state index contributed by atoms with van der Waals surface area (Å²) in [4.78, 5) is 9.37. The van der Waals surface area contributed by atoms with E-state index in [4.69, 9.17) is 4.52 Å². The summed E-state index contributed by atoms with van der Waals surface area (Å²) >= 11 is 1.59. The van der Waals surface area contributed by atoms with Gasteiger partial charge in [-0.25, -0.2) is 4.98 Å². The maximum absolute atomic E-state index is 5.17. The van der Waals surface area contributed by atoms with E-state index in [1.807, 2.05) is 17.5 Å². The Labute approximate surface area is 101 Å². The maximum Gasteiger partial charge on any atom is 0.227 e. The van der Waals surface area contributed by atoms with Gasteiger partial charge in [-0.15, -0.1) is 11.3 Å². The van der Waals surface area contributed by atoms with Crippen molar-refractivity contribution in [2.45, 2.75) is 12.8 Å². The summed E-state index contributed by atoms with van der Waals surface area (Å²) in [5, 5.41) is 12.5. The van der Waals surface area contributed by atoms with Crippen molar-refractivity contribution in [2.75, 3.05) is 0 Å². The third-order valence-corrected chi connectivity index (χ3v) is 3.12. The van der Waals surface area contributed by atoms with E-state index in [1.54, 1.807) is 11.3 Å². The third kappa shape index (κ3) is 2.23. The van der Waals surface area contributed by atoms with Crippen LogP contribution in [0.25, 0.3) is 10.7 Å². The highest BCUT2D eigenvalue weighted by Gasteiger charge is 2.09. The van der Waals surface area contributed by atoms with Crippen molar-refractivity contribution in [3.8, 4) is 10.7 Å². The fourth-order valence-corrected chi connectivity index (χ4v) is 2.09. The number of aromatic amines is 1. The van der Waals surface area contributed by atoms with Crippen molar-refractivity contribution in [3.63, 3.8) is 0 Å². The molecule has 0 aromatic carbocycles. The van der Waals surface area contributed by atoms with Crippen LogP contribution in [0.15, 0.2) is 28.4 Å². The van der Waals surface area contributed by atoms with Gasteiger partial charge < -0.3 is 4.52 Å². The second-order valence-electron chi connectivity index (χ2n) is 3.42. The van der Waals surface area contributed by atoms with Gasteiger partial charge in [0.15, 0.2) is 0 Å². The number of H-pyrrole nitrogens is 1. The van der Waals surface area contributed by atoms with Gasteiger partial charge in [-0.2, -0.15) is 10.1 Å². The smallest absolute Gasteiger partial charge is 0.227 e. The SMILES string of the molecule is c1csc(-c2noc(CCc3ncn[nH]3)n2)c1. The first-order chi connectivity index (χ1) is 8.42. The van der Waals surface area contributed by atoms with Crippen LogP contribution in [0.1, 0.15) is 11.7 Å². The summed E-state index contributed by atoms with van der Waals surface area (Å²) < 4.78 is 5.17. The Bertz CT molecular complexity index is 572. The molecule has 0 fully saturated rings. The van der Waals surface area contributed by atoms with E-state index in [0.29, 0.717) is 24.6 Å². The van der Waals surface area contributed by atoms with Crippen LogP contribution in [0.4, 0.5) is 0 Å². The average Bonchev–Trinajstić information content (AvgIpc) is 3.09. The van der Waals surface area contributed by atoms with Crippen LogP contribution in [0.5, 0.6) is 0 Å². The van der Waals surface area contributed by atoms with Crippen LogP contribution in [0, 0.1) is 0 Å². The molecule has 3 aromatic rings. The number of aromatic nitrogens is 5. The number of nitrogens with one attached hydrogen (secondary N) is 1. The second kappa shape index (κ2) is 4.46. The molecule has 0 spiro atoms. The van der Waals surface area contributed by atoms with Crippen molar-refractivity contribution in [3.05, 3.63) is 35.6 Å². The zero-order valence-electron chi connectivity index (χ0n) is 8.83. The Kier molecular flexibility index (Phi) is 2.66. The molecule has 6 nitrogen and oxygen atoms in total. The zero-order chi connectivity index (χ0) is 11.5. The molecule has 1 N–H and O–H groups in total. The first-order valence-corrected chi connectivity index (χ1v) is 6.00. The molecule has 17 heavy (non-hydrogen) atoms. The lowest BCUT2D eigenvalue weighted by atomic mass is 10.3. The summed E-state index contributed by atoms with van der Waals surface area (Å²) in [5.41, 5.74) is 0. The summed E-state index contributed by atoms with van der Waals surface area (Å²) in [5.74, 6) is 2.08. The van der Waals surface area contributed by atoms with Crippen molar-refractivity contribution >= 4 is 11.3 Å². The predicted molar refractivity (Wildman–Crippen MR) is 61.4 cm³/mol. The highest BCUT2D eigenvalue weighted by Crippen LogP contribution is 2.21. The number of hydrogen-bond acceptors (Lipinski definition) is 6. The molecule has 3 aromatic heterocycles. The van der Waals surface area contributed by atoms with Gasteiger partial charge in [-0.05, 0) is 11.4 Å². The Morgan fingerprint density at radius 1 is 1.35 bits per heavy atom. The molecule has 7 heteroatoms. The van der Waals surface area contributed by atoms with Gasteiger partial charge >= 0.3 is 0 Å². The van der Waals surface area contributed by atoms with Gasteiger partial charge in [0, 0.05) is 12.8 Å². The number of hydrogen-bond donors (Lipinski definition) is 1. The van der Waals surface area contributed by atoms with Crippen LogP contribution in [-0.4, -0.2) is 25.3 Å². The summed E-state index contributed by atoms with van der Waals surface area (Å²) in [7, 11) is 0. The summed E-state index contributed by atoms with van der Waals surface area (Å²) in [6.45, 7) is 0. The minimum absolute atomic E-state index is 0.616. The molecule has 0 amide bonds. The van der Waals surface area contributed by atoms with Crippen LogP contribution >= 0.6 is 11.3 Å². The first kappa shape index (κ1) is 10.2. The number of nitrogens with zero attached hydrogens (tertiary/aromatic N) is 4. The summed E-state index contributed by atoms with van der Waals surface area (Å²) in [6.07, 6.45) is 2.86. The largest absolute Gasteiger partial charge is 0.339 e. The lowest BCUT2D eigenvalue weighted by Crippen LogP contribution is -1.93. The molecule has 86 valence electrons. The van der Waals surface area contributed by atoms with E-state index in [-0.39, 0.29) is 0 Å². The quantitative estimate of drug-likeness (QED) is 0.759. The molecule has 3 heterocycles. The second-order valence-corrected chi connectivity index (χ2v) is 4.37. The highest BCUT2D eigenvalue weighted by atomic mass is 32.1. The lowest BCUT2D eigenvalue weighted by molar-refractivity contribution is 0.378. The molecular weight excluding hydrogens is 238 g/mol. The molecule has 0 bridgehead atoms. The molecule has 0 aliphatic carbocycles. The molecular formula is C10H9N5OS. The molecule has 0 unspecified atom stereocenters. The Hall–Kier alpha value is -2.02. The van der Waals surface area contributed by atoms with Crippen molar-refractivity contribution < 1.29 is 4.52 Å². The minimum Gasteiger partial charge on any atom is -0.339 e. The molecule has 0 aliphatic heterocycles. The van der Waals surface area contributed by atoms with Gasteiger partial charge in [0.25, 0.3) is 0 Å².